The van der Waals surface area contributed by atoms with Crippen LogP contribution in [0.2, 0.25) is 0 Å². The van der Waals surface area contributed by atoms with E-state index < -0.39 is 0 Å². The number of hydrogen-bond donors (Lipinski definition) is 1. The Kier molecular flexibility index (Phi) is 5.60. The molecule has 0 heterocycles. The zero-order valence-corrected chi connectivity index (χ0v) is 12.8. The zero-order valence-electron chi connectivity index (χ0n) is 12.8. The molecule has 0 aliphatic rings. The third-order valence-electron chi connectivity index (χ3n) is 3.78. The van der Waals surface area contributed by atoms with Gasteiger partial charge in [-0.05, 0) is 30.0 Å². The van der Waals surface area contributed by atoms with E-state index in [4.69, 9.17) is 6.42 Å². The minimum atomic E-state index is 0.0970. The van der Waals surface area contributed by atoms with Crippen molar-refractivity contribution >= 4 is 0 Å². The largest absolute Gasteiger partial charge is 0.293 e. The molecule has 1 heteroatoms. The molecule has 0 radical (unpaired) electrons. The first-order valence-corrected chi connectivity index (χ1v) is 7.59. The van der Waals surface area contributed by atoms with Crippen molar-refractivity contribution in [2.75, 3.05) is 0 Å². The summed E-state index contributed by atoms with van der Waals surface area (Å²) < 4.78 is 0. The second kappa shape index (κ2) is 7.67. The number of benzene rings is 2. The van der Waals surface area contributed by atoms with Crippen LogP contribution in [-0.2, 0) is 0 Å². The molecule has 2 aromatic carbocycles. The predicted octanol–water partition coefficient (Wildman–Crippen LogP) is 4.48. The molecule has 0 fully saturated rings. The van der Waals surface area contributed by atoms with Crippen LogP contribution in [0.5, 0.6) is 0 Å². The lowest BCUT2D eigenvalue weighted by Crippen LogP contribution is -2.32. The van der Waals surface area contributed by atoms with Crippen LogP contribution in [-0.4, -0.2) is 6.04 Å². The molecule has 0 spiro atoms. The van der Waals surface area contributed by atoms with E-state index in [-0.39, 0.29) is 12.1 Å². The average molecular weight is 277 g/mol. The van der Waals surface area contributed by atoms with E-state index in [0.29, 0.717) is 0 Å². The van der Waals surface area contributed by atoms with E-state index in [2.05, 4.69) is 73.6 Å². The fourth-order valence-electron chi connectivity index (χ4n) is 2.63. The van der Waals surface area contributed by atoms with Gasteiger partial charge in [0.15, 0.2) is 0 Å². The third-order valence-corrected chi connectivity index (χ3v) is 3.78. The van der Waals surface area contributed by atoms with Crippen LogP contribution >= 0.6 is 0 Å². The molecule has 0 amide bonds. The highest BCUT2D eigenvalue weighted by Gasteiger charge is 2.18. The van der Waals surface area contributed by atoms with Gasteiger partial charge in [0.25, 0.3) is 0 Å². The van der Waals surface area contributed by atoms with Crippen molar-refractivity contribution in [1.29, 1.82) is 0 Å². The molecule has 0 saturated carbocycles. The average Bonchev–Trinajstić information content (AvgIpc) is 2.53. The first-order valence-electron chi connectivity index (χ1n) is 7.59. The molecule has 1 N–H and O–H groups in total. The van der Waals surface area contributed by atoms with Gasteiger partial charge in [-0.3, -0.25) is 5.32 Å². The SMILES string of the molecule is C#CC(CCC)NC(c1ccccc1)c1ccccc1C. The molecular weight excluding hydrogens is 254 g/mol. The van der Waals surface area contributed by atoms with Crippen LogP contribution in [0, 0.1) is 19.3 Å². The van der Waals surface area contributed by atoms with Crippen molar-refractivity contribution in [2.45, 2.75) is 38.8 Å². The van der Waals surface area contributed by atoms with Gasteiger partial charge < -0.3 is 0 Å². The van der Waals surface area contributed by atoms with Crippen molar-refractivity contribution in [1.82, 2.24) is 5.32 Å². The summed E-state index contributed by atoms with van der Waals surface area (Å²) in [6, 6.07) is 19.2. The number of nitrogens with one attached hydrogen (secondary N) is 1. The second-order valence-corrected chi connectivity index (χ2v) is 5.37. The molecule has 2 unspecified atom stereocenters. The highest BCUT2D eigenvalue weighted by Crippen LogP contribution is 2.25. The van der Waals surface area contributed by atoms with E-state index in [9.17, 15) is 0 Å². The van der Waals surface area contributed by atoms with Crippen LogP contribution in [0.25, 0.3) is 0 Å². The van der Waals surface area contributed by atoms with Gasteiger partial charge in [-0.1, -0.05) is 73.9 Å². The fourth-order valence-corrected chi connectivity index (χ4v) is 2.63. The molecule has 2 aromatic rings. The molecule has 0 aliphatic heterocycles. The molecule has 0 bridgehead atoms. The monoisotopic (exact) mass is 277 g/mol. The quantitative estimate of drug-likeness (QED) is 0.768. The van der Waals surface area contributed by atoms with Crippen LogP contribution in [0.4, 0.5) is 0 Å². The zero-order chi connectivity index (χ0) is 15.1. The number of aryl methyl sites for hydroxylation is 1. The molecular formula is C20H23N. The van der Waals surface area contributed by atoms with E-state index in [0.717, 1.165) is 12.8 Å². The lowest BCUT2D eigenvalue weighted by atomic mass is 9.94. The van der Waals surface area contributed by atoms with Gasteiger partial charge in [0.1, 0.15) is 0 Å². The summed E-state index contributed by atoms with van der Waals surface area (Å²) in [7, 11) is 0. The Balaban J connectivity index is 2.36. The van der Waals surface area contributed by atoms with Gasteiger partial charge in [-0.15, -0.1) is 6.42 Å². The third kappa shape index (κ3) is 3.97. The van der Waals surface area contributed by atoms with Crippen LogP contribution in [0.1, 0.15) is 42.5 Å². The van der Waals surface area contributed by atoms with Crippen molar-refractivity contribution in [3.63, 3.8) is 0 Å². The highest BCUT2D eigenvalue weighted by molar-refractivity contribution is 5.37. The molecule has 21 heavy (non-hydrogen) atoms. The number of terminal acetylenes is 1. The first kappa shape index (κ1) is 15.4. The fraction of sp³-hybridized carbons (Fsp3) is 0.300. The minimum Gasteiger partial charge on any atom is -0.293 e. The van der Waals surface area contributed by atoms with E-state index >= 15 is 0 Å². The lowest BCUT2D eigenvalue weighted by molar-refractivity contribution is 0.513. The lowest BCUT2D eigenvalue weighted by Gasteiger charge is -2.25. The van der Waals surface area contributed by atoms with Crippen molar-refractivity contribution < 1.29 is 0 Å². The van der Waals surface area contributed by atoms with Crippen LogP contribution in [0.3, 0.4) is 0 Å². The molecule has 0 aliphatic carbocycles. The van der Waals surface area contributed by atoms with Gasteiger partial charge in [0, 0.05) is 0 Å². The van der Waals surface area contributed by atoms with Crippen molar-refractivity contribution in [2.24, 2.45) is 0 Å². The van der Waals surface area contributed by atoms with Gasteiger partial charge in [0.05, 0.1) is 12.1 Å². The summed E-state index contributed by atoms with van der Waals surface area (Å²) in [4.78, 5) is 0. The maximum Gasteiger partial charge on any atom is 0.0694 e. The Bertz CT molecular complexity index is 595. The summed E-state index contributed by atoms with van der Waals surface area (Å²) in [6.45, 7) is 4.31. The van der Waals surface area contributed by atoms with Crippen molar-refractivity contribution in [3.8, 4) is 12.3 Å². The number of rotatable bonds is 6. The standard InChI is InChI=1S/C20H23N/c1-4-11-18(5-2)21-20(17-13-7-6-8-14-17)19-15-10-9-12-16(19)3/h2,6-10,12-15,18,20-21H,4,11H2,1,3H3. The van der Waals surface area contributed by atoms with E-state index in [1.165, 1.54) is 16.7 Å². The molecule has 1 nitrogen and oxygen atoms in total. The summed E-state index contributed by atoms with van der Waals surface area (Å²) in [5.41, 5.74) is 3.83. The van der Waals surface area contributed by atoms with Crippen molar-refractivity contribution in [3.05, 3.63) is 71.3 Å². The Morgan fingerprint density at radius 1 is 1.05 bits per heavy atom. The maximum absolute atomic E-state index is 5.69. The molecule has 0 aromatic heterocycles. The minimum absolute atomic E-state index is 0.0970. The normalized spacial score (nSPS) is 13.4. The molecule has 2 atom stereocenters. The summed E-state index contributed by atoms with van der Waals surface area (Å²) >= 11 is 0. The summed E-state index contributed by atoms with van der Waals surface area (Å²) in [6.07, 6.45) is 7.76. The van der Waals surface area contributed by atoms with E-state index in [1.54, 1.807) is 0 Å². The smallest absolute Gasteiger partial charge is 0.0694 e. The second-order valence-electron chi connectivity index (χ2n) is 5.37. The molecule has 2 rings (SSSR count). The van der Waals surface area contributed by atoms with Gasteiger partial charge in [-0.25, -0.2) is 0 Å². The van der Waals surface area contributed by atoms with Crippen LogP contribution < -0.4 is 5.32 Å². The topological polar surface area (TPSA) is 12.0 Å². The first-order chi connectivity index (χ1) is 10.3. The van der Waals surface area contributed by atoms with Gasteiger partial charge >= 0.3 is 0 Å². The Hall–Kier alpha value is -2.04. The Morgan fingerprint density at radius 3 is 2.33 bits per heavy atom. The Morgan fingerprint density at radius 2 is 1.71 bits per heavy atom. The van der Waals surface area contributed by atoms with E-state index in [1.807, 2.05) is 6.07 Å². The van der Waals surface area contributed by atoms with Gasteiger partial charge in [0.2, 0.25) is 0 Å². The number of hydrogen-bond acceptors (Lipinski definition) is 1. The highest BCUT2D eigenvalue weighted by atomic mass is 14.9. The molecule has 108 valence electrons. The predicted molar refractivity (Wildman–Crippen MR) is 90.1 cm³/mol. The maximum atomic E-state index is 5.69. The summed E-state index contributed by atoms with van der Waals surface area (Å²) in [5.74, 6) is 2.88. The van der Waals surface area contributed by atoms with Crippen LogP contribution in [0.15, 0.2) is 54.6 Å². The van der Waals surface area contributed by atoms with Gasteiger partial charge in [-0.2, -0.15) is 0 Å². The Labute approximate surface area is 128 Å². The molecule has 0 saturated heterocycles. The summed E-state index contributed by atoms with van der Waals surface area (Å²) in [5, 5.41) is 3.64.